The zero-order valence-electron chi connectivity index (χ0n) is 10.5. The van der Waals surface area contributed by atoms with Gasteiger partial charge in [-0.1, -0.05) is 0 Å². The van der Waals surface area contributed by atoms with Crippen molar-refractivity contribution in [1.82, 2.24) is 15.5 Å². The van der Waals surface area contributed by atoms with Gasteiger partial charge < -0.3 is 20.5 Å². The summed E-state index contributed by atoms with van der Waals surface area (Å²) in [5.41, 5.74) is 0. The number of aliphatic hydroxyl groups excluding tert-OH is 1. The summed E-state index contributed by atoms with van der Waals surface area (Å²) in [6.45, 7) is 3.14. The van der Waals surface area contributed by atoms with Gasteiger partial charge in [0, 0.05) is 25.7 Å². The number of rotatable bonds is 3. The number of morpholine rings is 1. The van der Waals surface area contributed by atoms with Gasteiger partial charge in [-0.05, 0) is 12.8 Å². The second-order valence-electron chi connectivity index (χ2n) is 5.40. The van der Waals surface area contributed by atoms with Crippen LogP contribution in [-0.4, -0.2) is 73.0 Å². The van der Waals surface area contributed by atoms with Gasteiger partial charge >= 0.3 is 0 Å². The molecule has 3 fully saturated rings. The highest BCUT2D eigenvalue weighted by molar-refractivity contribution is 5.82. The fourth-order valence-corrected chi connectivity index (χ4v) is 2.75. The molecule has 0 bridgehead atoms. The predicted octanol–water partition coefficient (Wildman–Crippen LogP) is -1.70. The lowest BCUT2D eigenvalue weighted by molar-refractivity contribution is -0.136. The molecular weight excluding hydrogens is 234 g/mol. The van der Waals surface area contributed by atoms with Crippen molar-refractivity contribution in [3.63, 3.8) is 0 Å². The Labute approximate surface area is 107 Å². The Morgan fingerprint density at radius 1 is 1.39 bits per heavy atom. The third kappa shape index (κ3) is 2.51. The van der Waals surface area contributed by atoms with Gasteiger partial charge in [0.2, 0.25) is 5.91 Å². The lowest BCUT2D eigenvalue weighted by atomic mass is 10.1. The first-order valence-corrected chi connectivity index (χ1v) is 6.78. The van der Waals surface area contributed by atoms with Crippen molar-refractivity contribution in [3.05, 3.63) is 0 Å². The zero-order valence-corrected chi connectivity index (χ0v) is 10.5. The highest BCUT2D eigenvalue weighted by atomic mass is 16.5. The summed E-state index contributed by atoms with van der Waals surface area (Å²) in [5.74, 6) is 0.0521. The van der Waals surface area contributed by atoms with Crippen molar-refractivity contribution in [2.45, 2.75) is 37.1 Å². The molecule has 102 valence electrons. The van der Waals surface area contributed by atoms with Crippen LogP contribution in [0, 0.1) is 0 Å². The van der Waals surface area contributed by atoms with Crippen LogP contribution in [-0.2, 0) is 9.53 Å². The van der Waals surface area contributed by atoms with Crippen LogP contribution < -0.4 is 10.6 Å². The van der Waals surface area contributed by atoms with E-state index >= 15 is 0 Å². The van der Waals surface area contributed by atoms with Gasteiger partial charge in [-0.2, -0.15) is 0 Å². The molecule has 3 unspecified atom stereocenters. The SMILES string of the molecule is O=C(NC1CC1)C1COCCN1C1CNCC1O. The van der Waals surface area contributed by atoms with E-state index in [2.05, 4.69) is 15.5 Å². The Bertz CT molecular complexity index is 322. The number of hydrogen-bond donors (Lipinski definition) is 3. The number of carbonyl (C=O) groups excluding carboxylic acids is 1. The standard InChI is InChI=1S/C12H21N3O3/c16-11-6-13-5-9(11)15-3-4-18-7-10(15)12(17)14-8-1-2-8/h8-11,13,16H,1-7H2,(H,14,17). The molecule has 6 heteroatoms. The molecule has 3 N–H and O–H groups in total. The van der Waals surface area contributed by atoms with E-state index < -0.39 is 0 Å². The molecular formula is C12H21N3O3. The van der Waals surface area contributed by atoms with Crippen molar-refractivity contribution in [1.29, 1.82) is 0 Å². The lowest BCUT2D eigenvalue weighted by Crippen LogP contribution is -2.60. The minimum atomic E-state index is -0.390. The van der Waals surface area contributed by atoms with Gasteiger partial charge in [-0.15, -0.1) is 0 Å². The zero-order chi connectivity index (χ0) is 12.5. The molecule has 0 radical (unpaired) electrons. The first-order chi connectivity index (χ1) is 8.75. The fraction of sp³-hybridized carbons (Fsp3) is 0.917. The van der Waals surface area contributed by atoms with E-state index in [1.165, 1.54) is 0 Å². The van der Waals surface area contributed by atoms with Gasteiger partial charge in [0.1, 0.15) is 6.04 Å². The van der Waals surface area contributed by atoms with Crippen molar-refractivity contribution in [3.8, 4) is 0 Å². The first-order valence-electron chi connectivity index (χ1n) is 6.78. The Balaban J connectivity index is 1.66. The maximum absolute atomic E-state index is 12.2. The summed E-state index contributed by atoms with van der Waals surface area (Å²) in [7, 11) is 0. The number of nitrogens with one attached hydrogen (secondary N) is 2. The molecule has 18 heavy (non-hydrogen) atoms. The van der Waals surface area contributed by atoms with Crippen LogP contribution in [0.3, 0.4) is 0 Å². The third-order valence-electron chi connectivity index (χ3n) is 3.97. The highest BCUT2D eigenvalue weighted by Gasteiger charge is 2.40. The molecule has 3 atom stereocenters. The Morgan fingerprint density at radius 3 is 2.89 bits per heavy atom. The topological polar surface area (TPSA) is 73.8 Å². The number of aliphatic hydroxyl groups is 1. The number of hydrogen-bond acceptors (Lipinski definition) is 5. The summed E-state index contributed by atoms with van der Waals surface area (Å²) in [6.07, 6.45) is 1.79. The van der Waals surface area contributed by atoms with E-state index in [0.29, 0.717) is 32.3 Å². The number of amides is 1. The Hall–Kier alpha value is -0.690. The van der Waals surface area contributed by atoms with Crippen LogP contribution in [0.15, 0.2) is 0 Å². The second-order valence-corrected chi connectivity index (χ2v) is 5.40. The maximum atomic E-state index is 12.2. The molecule has 2 heterocycles. The van der Waals surface area contributed by atoms with Gasteiger partial charge in [0.05, 0.1) is 25.4 Å². The number of carbonyl (C=O) groups is 1. The van der Waals surface area contributed by atoms with Crippen LogP contribution in [0.5, 0.6) is 0 Å². The molecule has 1 aliphatic carbocycles. The molecule has 1 saturated carbocycles. The minimum absolute atomic E-state index is 0.0313. The summed E-state index contributed by atoms with van der Waals surface area (Å²) in [6, 6.07) is 0.149. The molecule has 1 amide bonds. The average molecular weight is 255 g/mol. The average Bonchev–Trinajstić information content (AvgIpc) is 3.09. The quantitative estimate of drug-likeness (QED) is 0.560. The van der Waals surface area contributed by atoms with Crippen molar-refractivity contribution < 1.29 is 14.6 Å². The lowest BCUT2D eigenvalue weighted by Gasteiger charge is -2.39. The minimum Gasteiger partial charge on any atom is -0.390 e. The molecule has 0 aromatic carbocycles. The number of ether oxygens (including phenoxy) is 1. The van der Waals surface area contributed by atoms with Crippen LogP contribution in [0.4, 0.5) is 0 Å². The molecule has 0 spiro atoms. The summed E-state index contributed by atoms with van der Waals surface area (Å²) < 4.78 is 5.43. The van der Waals surface area contributed by atoms with Crippen LogP contribution >= 0.6 is 0 Å². The first kappa shape index (κ1) is 12.3. The molecule has 2 saturated heterocycles. The third-order valence-corrected chi connectivity index (χ3v) is 3.97. The fourth-order valence-electron chi connectivity index (χ4n) is 2.75. The van der Waals surface area contributed by atoms with Gasteiger partial charge in [0.25, 0.3) is 0 Å². The van der Waals surface area contributed by atoms with E-state index in [-0.39, 0.29) is 24.1 Å². The summed E-state index contributed by atoms with van der Waals surface area (Å²) in [4.78, 5) is 14.3. The predicted molar refractivity (Wildman–Crippen MR) is 65.1 cm³/mol. The van der Waals surface area contributed by atoms with Crippen molar-refractivity contribution in [2.75, 3.05) is 32.8 Å². The molecule has 3 rings (SSSR count). The Kier molecular flexibility index (Phi) is 3.52. The second kappa shape index (κ2) is 5.13. The van der Waals surface area contributed by atoms with Crippen LogP contribution in [0.2, 0.25) is 0 Å². The van der Waals surface area contributed by atoms with Crippen LogP contribution in [0.25, 0.3) is 0 Å². The normalized spacial score (nSPS) is 37.7. The van der Waals surface area contributed by atoms with Crippen LogP contribution in [0.1, 0.15) is 12.8 Å². The Morgan fingerprint density at radius 2 is 2.22 bits per heavy atom. The van der Waals surface area contributed by atoms with E-state index in [0.717, 1.165) is 19.4 Å². The summed E-state index contributed by atoms with van der Waals surface area (Å²) in [5, 5.41) is 16.2. The van der Waals surface area contributed by atoms with E-state index in [4.69, 9.17) is 4.74 Å². The highest BCUT2D eigenvalue weighted by Crippen LogP contribution is 2.21. The molecule has 3 aliphatic rings. The van der Waals surface area contributed by atoms with Crippen molar-refractivity contribution >= 4 is 5.91 Å². The van der Waals surface area contributed by atoms with Crippen molar-refractivity contribution in [2.24, 2.45) is 0 Å². The largest absolute Gasteiger partial charge is 0.390 e. The van der Waals surface area contributed by atoms with Gasteiger partial charge in [-0.3, -0.25) is 9.69 Å². The van der Waals surface area contributed by atoms with Gasteiger partial charge in [0.15, 0.2) is 0 Å². The number of β-amino-alcohol motifs (C(OH)–C–C–N with tert-alkyl or cyclic N) is 1. The van der Waals surface area contributed by atoms with Gasteiger partial charge in [-0.25, -0.2) is 0 Å². The maximum Gasteiger partial charge on any atom is 0.239 e. The smallest absolute Gasteiger partial charge is 0.239 e. The van der Waals surface area contributed by atoms with E-state index in [9.17, 15) is 9.90 Å². The monoisotopic (exact) mass is 255 g/mol. The molecule has 0 aromatic rings. The number of nitrogens with zero attached hydrogens (tertiary/aromatic N) is 1. The molecule has 6 nitrogen and oxygen atoms in total. The molecule has 0 aromatic heterocycles. The molecule has 2 aliphatic heterocycles. The van der Waals surface area contributed by atoms with E-state index in [1.54, 1.807) is 0 Å². The summed E-state index contributed by atoms with van der Waals surface area (Å²) >= 11 is 0. The van der Waals surface area contributed by atoms with E-state index in [1.807, 2.05) is 0 Å².